The van der Waals surface area contributed by atoms with Gasteiger partial charge in [0.25, 0.3) is 5.91 Å². The molecule has 0 radical (unpaired) electrons. The van der Waals surface area contributed by atoms with Crippen molar-refractivity contribution in [3.63, 3.8) is 0 Å². The molecule has 1 amide bonds. The van der Waals surface area contributed by atoms with Gasteiger partial charge in [-0.15, -0.1) is 0 Å². The molecule has 1 fully saturated rings. The van der Waals surface area contributed by atoms with E-state index in [4.69, 9.17) is 12.2 Å². The van der Waals surface area contributed by atoms with Gasteiger partial charge in [0.05, 0.1) is 11.4 Å². The van der Waals surface area contributed by atoms with Crippen LogP contribution in [0.15, 0.2) is 59.8 Å². The van der Waals surface area contributed by atoms with Crippen molar-refractivity contribution in [3.05, 3.63) is 70.9 Å². The molecule has 1 aliphatic heterocycles. The van der Waals surface area contributed by atoms with Gasteiger partial charge in [0, 0.05) is 12.4 Å². The van der Waals surface area contributed by atoms with E-state index in [1.165, 1.54) is 11.8 Å². The van der Waals surface area contributed by atoms with Gasteiger partial charge >= 0.3 is 0 Å². The van der Waals surface area contributed by atoms with Gasteiger partial charge in [0.15, 0.2) is 0 Å². The number of hydrogen-bond acceptors (Lipinski definition) is 4. The lowest BCUT2D eigenvalue weighted by molar-refractivity contribution is -0.122. The minimum atomic E-state index is -0.0364. The second-order valence-corrected chi connectivity index (χ2v) is 6.21. The first-order valence-corrected chi connectivity index (χ1v) is 7.66. The summed E-state index contributed by atoms with van der Waals surface area (Å²) in [5.41, 5.74) is 2.02. The summed E-state index contributed by atoms with van der Waals surface area (Å²) in [5.74, 6) is -0.0364. The summed E-state index contributed by atoms with van der Waals surface area (Å²) in [6.45, 7) is 0.513. The van der Waals surface area contributed by atoms with E-state index in [0.29, 0.717) is 15.8 Å². The molecule has 1 aliphatic rings. The van der Waals surface area contributed by atoms with Crippen LogP contribution in [0.25, 0.3) is 6.08 Å². The summed E-state index contributed by atoms with van der Waals surface area (Å²) in [6, 6.07) is 13.6. The third-order valence-corrected chi connectivity index (χ3v) is 4.44. The Kier molecular flexibility index (Phi) is 4.13. The lowest BCUT2D eigenvalue weighted by Gasteiger charge is -2.14. The first kappa shape index (κ1) is 14.0. The highest BCUT2D eigenvalue weighted by Gasteiger charge is 2.31. The van der Waals surface area contributed by atoms with Gasteiger partial charge in [0.2, 0.25) is 0 Å². The number of rotatable bonds is 3. The quantitative estimate of drug-likeness (QED) is 0.642. The Labute approximate surface area is 132 Å². The minimum Gasteiger partial charge on any atom is -0.288 e. The second-order valence-electron chi connectivity index (χ2n) is 4.53. The van der Waals surface area contributed by atoms with E-state index in [0.717, 1.165) is 11.1 Å². The monoisotopic (exact) mass is 312 g/mol. The van der Waals surface area contributed by atoms with Gasteiger partial charge in [-0.2, -0.15) is 0 Å². The van der Waals surface area contributed by atoms with Crippen LogP contribution in [0, 0.1) is 0 Å². The zero-order valence-electron chi connectivity index (χ0n) is 11.1. The smallest absolute Gasteiger partial charge is 0.266 e. The summed E-state index contributed by atoms with van der Waals surface area (Å²) >= 11 is 6.67. The first-order valence-electron chi connectivity index (χ1n) is 6.43. The van der Waals surface area contributed by atoms with Gasteiger partial charge in [-0.25, -0.2) is 0 Å². The molecular formula is C16H12N2OS2. The summed E-state index contributed by atoms with van der Waals surface area (Å²) in [7, 11) is 0. The van der Waals surface area contributed by atoms with Crippen molar-refractivity contribution in [2.45, 2.75) is 6.54 Å². The summed E-state index contributed by atoms with van der Waals surface area (Å²) in [5, 5.41) is 0. The zero-order valence-corrected chi connectivity index (χ0v) is 12.7. The Balaban J connectivity index is 1.81. The lowest BCUT2D eigenvalue weighted by atomic mass is 10.2. The van der Waals surface area contributed by atoms with Crippen LogP contribution in [0.5, 0.6) is 0 Å². The van der Waals surface area contributed by atoms with E-state index in [9.17, 15) is 4.79 Å². The van der Waals surface area contributed by atoms with Crippen molar-refractivity contribution >= 4 is 40.3 Å². The van der Waals surface area contributed by atoms with Gasteiger partial charge in [-0.1, -0.05) is 54.3 Å². The van der Waals surface area contributed by atoms with Crippen molar-refractivity contribution in [1.82, 2.24) is 9.88 Å². The minimum absolute atomic E-state index is 0.0364. The van der Waals surface area contributed by atoms with Crippen LogP contribution in [0.1, 0.15) is 11.1 Å². The van der Waals surface area contributed by atoms with Crippen LogP contribution in [0.3, 0.4) is 0 Å². The third-order valence-electron chi connectivity index (χ3n) is 3.06. The number of carbonyl (C=O) groups excluding carboxylic acids is 1. The van der Waals surface area contributed by atoms with Gasteiger partial charge < -0.3 is 0 Å². The van der Waals surface area contributed by atoms with Crippen LogP contribution < -0.4 is 0 Å². The van der Waals surface area contributed by atoms with Crippen LogP contribution in [-0.4, -0.2) is 20.1 Å². The molecule has 3 nitrogen and oxygen atoms in total. The Hall–Kier alpha value is -1.98. The molecule has 1 aromatic carbocycles. The highest BCUT2D eigenvalue weighted by molar-refractivity contribution is 8.26. The van der Waals surface area contributed by atoms with E-state index in [1.54, 1.807) is 17.3 Å². The molecule has 5 heteroatoms. The van der Waals surface area contributed by atoms with E-state index in [2.05, 4.69) is 4.98 Å². The summed E-state index contributed by atoms with van der Waals surface area (Å²) in [6.07, 6.45) is 5.26. The number of carbonyl (C=O) groups is 1. The first-order chi connectivity index (χ1) is 10.2. The average Bonchev–Trinajstić information content (AvgIpc) is 2.77. The molecule has 0 bridgehead atoms. The van der Waals surface area contributed by atoms with Gasteiger partial charge in [-0.3, -0.25) is 14.7 Å². The predicted octanol–water partition coefficient (Wildman–Crippen LogP) is 3.48. The van der Waals surface area contributed by atoms with E-state index in [-0.39, 0.29) is 5.91 Å². The molecule has 0 N–H and O–H groups in total. The lowest BCUT2D eigenvalue weighted by Crippen LogP contribution is -2.27. The molecule has 2 aromatic rings. The Morgan fingerprint density at radius 1 is 1.14 bits per heavy atom. The SMILES string of the molecule is O=C1/C(=C\c2ccncc2)SC(=S)N1Cc1ccccc1. The van der Waals surface area contributed by atoms with Crippen LogP contribution in [0.2, 0.25) is 0 Å². The van der Waals surface area contributed by atoms with Crippen LogP contribution in [0.4, 0.5) is 0 Å². The van der Waals surface area contributed by atoms with Gasteiger partial charge in [-0.05, 0) is 29.3 Å². The maximum absolute atomic E-state index is 12.5. The van der Waals surface area contributed by atoms with Crippen molar-refractivity contribution < 1.29 is 4.79 Å². The molecular weight excluding hydrogens is 300 g/mol. The molecule has 2 heterocycles. The molecule has 21 heavy (non-hydrogen) atoms. The summed E-state index contributed by atoms with van der Waals surface area (Å²) < 4.78 is 0.601. The van der Waals surface area contributed by atoms with Crippen LogP contribution in [-0.2, 0) is 11.3 Å². The molecule has 0 saturated carbocycles. The fourth-order valence-electron chi connectivity index (χ4n) is 2.01. The second kappa shape index (κ2) is 6.20. The molecule has 3 rings (SSSR count). The number of pyridine rings is 1. The van der Waals surface area contributed by atoms with Crippen molar-refractivity contribution in [2.24, 2.45) is 0 Å². The topological polar surface area (TPSA) is 33.2 Å². The standard InChI is InChI=1S/C16H12N2OS2/c19-15-14(10-12-6-8-17-9-7-12)21-16(20)18(15)11-13-4-2-1-3-5-13/h1-10H,11H2/b14-10+. The number of amides is 1. The molecule has 1 aromatic heterocycles. The summed E-state index contributed by atoms with van der Waals surface area (Å²) in [4.78, 5) is 18.7. The molecule has 0 unspecified atom stereocenters. The molecule has 1 saturated heterocycles. The fraction of sp³-hybridized carbons (Fsp3) is 0.0625. The normalized spacial score (nSPS) is 16.8. The maximum atomic E-state index is 12.5. The number of benzene rings is 1. The molecule has 0 aliphatic carbocycles. The third kappa shape index (κ3) is 3.20. The van der Waals surface area contributed by atoms with E-state index in [1.807, 2.05) is 48.5 Å². The predicted molar refractivity (Wildman–Crippen MR) is 89.4 cm³/mol. The number of hydrogen-bond donors (Lipinski definition) is 0. The maximum Gasteiger partial charge on any atom is 0.266 e. The van der Waals surface area contributed by atoms with Crippen molar-refractivity contribution in [3.8, 4) is 0 Å². The zero-order chi connectivity index (χ0) is 14.7. The Bertz CT molecular complexity index is 699. The number of nitrogens with zero attached hydrogens (tertiary/aromatic N) is 2. The molecule has 0 atom stereocenters. The van der Waals surface area contributed by atoms with Crippen molar-refractivity contribution in [1.29, 1.82) is 0 Å². The number of aromatic nitrogens is 1. The Morgan fingerprint density at radius 3 is 2.57 bits per heavy atom. The fourth-order valence-corrected chi connectivity index (χ4v) is 3.27. The number of thioether (sulfide) groups is 1. The average molecular weight is 312 g/mol. The molecule has 104 valence electrons. The largest absolute Gasteiger partial charge is 0.288 e. The van der Waals surface area contributed by atoms with Crippen molar-refractivity contribution in [2.75, 3.05) is 0 Å². The highest BCUT2D eigenvalue weighted by atomic mass is 32.2. The Morgan fingerprint density at radius 2 is 1.86 bits per heavy atom. The van der Waals surface area contributed by atoms with Crippen LogP contribution >= 0.6 is 24.0 Å². The van der Waals surface area contributed by atoms with E-state index >= 15 is 0 Å². The van der Waals surface area contributed by atoms with E-state index < -0.39 is 0 Å². The molecule has 0 spiro atoms. The van der Waals surface area contributed by atoms with Gasteiger partial charge in [0.1, 0.15) is 4.32 Å². The highest BCUT2D eigenvalue weighted by Crippen LogP contribution is 2.33. The number of thiocarbonyl (C=S) groups is 1.